The van der Waals surface area contributed by atoms with E-state index in [4.69, 9.17) is 0 Å². The summed E-state index contributed by atoms with van der Waals surface area (Å²) in [5.74, 6) is 0.263. The van der Waals surface area contributed by atoms with E-state index in [1.165, 1.54) is 15.8 Å². The number of imidazole rings is 1. The van der Waals surface area contributed by atoms with Gasteiger partial charge in [0.05, 0.1) is 15.9 Å². The highest BCUT2D eigenvalue weighted by Gasteiger charge is 2.10. The van der Waals surface area contributed by atoms with E-state index in [1.54, 1.807) is 23.5 Å². The summed E-state index contributed by atoms with van der Waals surface area (Å²) in [6, 6.07) is 13.6. The minimum atomic E-state index is 0.263. The molecule has 0 amide bonds. The molecule has 2 heterocycles. The predicted octanol–water partition coefficient (Wildman–Crippen LogP) is 4.23. The number of phenolic OH excluding ortho intramolecular Hbond substituents is 1. The van der Waals surface area contributed by atoms with Crippen LogP contribution in [0.15, 0.2) is 48.7 Å². The molecule has 0 aliphatic heterocycles. The first-order valence-electron chi connectivity index (χ1n) is 6.38. The molecule has 4 heteroatoms. The molecule has 0 aliphatic rings. The van der Waals surface area contributed by atoms with Crippen molar-refractivity contribution in [3.05, 3.63) is 54.2 Å². The highest BCUT2D eigenvalue weighted by molar-refractivity contribution is 7.23. The highest BCUT2D eigenvalue weighted by Crippen LogP contribution is 2.30. The largest absolute Gasteiger partial charge is 0.508 e. The first kappa shape index (κ1) is 11.5. The summed E-state index contributed by atoms with van der Waals surface area (Å²) in [6.45, 7) is 2.10. The van der Waals surface area contributed by atoms with Gasteiger partial charge in [-0.1, -0.05) is 29.5 Å². The lowest BCUT2D eigenvalue weighted by atomic mass is 10.1. The molecular formula is C16H12N2OS. The van der Waals surface area contributed by atoms with Crippen LogP contribution in [-0.4, -0.2) is 14.5 Å². The smallest absolute Gasteiger partial charge is 0.195 e. The number of fused-ring (bicyclic) bond motifs is 3. The van der Waals surface area contributed by atoms with Crippen molar-refractivity contribution < 1.29 is 5.11 Å². The van der Waals surface area contributed by atoms with Gasteiger partial charge >= 0.3 is 0 Å². The Morgan fingerprint density at radius 2 is 2.05 bits per heavy atom. The van der Waals surface area contributed by atoms with E-state index in [0.29, 0.717) is 0 Å². The van der Waals surface area contributed by atoms with Crippen LogP contribution in [0, 0.1) is 6.92 Å². The van der Waals surface area contributed by atoms with Crippen molar-refractivity contribution >= 4 is 26.5 Å². The summed E-state index contributed by atoms with van der Waals surface area (Å²) in [5, 5.41) is 9.57. The quantitative estimate of drug-likeness (QED) is 0.566. The lowest BCUT2D eigenvalue weighted by molar-refractivity contribution is 0.475. The van der Waals surface area contributed by atoms with Crippen molar-refractivity contribution in [2.45, 2.75) is 6.92 Å². The van der Waals surface area contributed by atoms with Gasteiger partial charge in [-0.15, -0.1) is 0 Å². The Bertz CT molecular complexity index is 936. The average molecular weight is 280 g/mol. The van der Waals surface area contributed by atoms with E-state index in [-0.39, 0.29) is 5.75 Å². The molecule has 1 N–H and O–H groups in total. The maximum atomic E-state index is 9.57. The molecule has 0 bridgehead atoms. The maximum absolute atomic E-state index is 9.57. The second kappa shape index (κ2) is 4.08. The van der Waals surface area contributed by atoms with Crippen molar-refractivity contribution in [2.24, 2.45) is 0 Å². The number of hydrogen-bond donors (Lipinski definition) is 1. The van der Waals surface area contributed by atoms with Crippen LogP contribution >= 0.6 is 11.3 Å². The molecule has 3 nitrogen and oxygen atoms in total. The lowest BCUT2D eigenvalue weighted by Gasteiger charge is -1.97. The van der Waals surface area contributed by atoms with Crippen LogP contribution in [0.2, 0.25) is 0 Å². The Balaban J connectivity index is 1.95. The monoisotopic (exact) mass is 280 g/mol. The van der Waals surface area contributed by atoms with Gasteiger partial charge < -0.3 is 5.11 Å². The third kappa shape index (κ3) is 1.69. The standard InChI is InChI=1S/C16H12N2OS/c1-10-5-6-14-15(7-10)20-16-17-13(9-18(14)16)11-3-2-4-12(19)8-11/h2-9,19H,1H3. The maximum Gasteiger partial charge on any atom is 0.195 e. The van der Waals surface area contributed by atoms with Crippen LogP contribution < -0.4 is 0 Å². The van der Waals surface area contributed by atoms with Gasteiger partial charge in [-0.25, -0.2) is 4.98 Å². The van der Waals surface area contributed by atoms with E-state index in [9.17, 15) is 5.11 Å². The number of benzene rings is 2. The normalized spacial score (nSPS) is 11.4. The molecule has 4 rings (SSSR count). The zero-order valence-corrected chi connectivity index (χ0v) is 11.7. The zero-order chi connectivity index (χ0) is 13.7. The Labute approximate surface area is 119 Å². The molecule has 0 saturated carbocycles. The molecule has 2 aromatic carbocycles. The average Bonchev–Trinajstić information content (AvgIpc) is 2.95. The van der Waals surface area contributed by atoms with Gasteiger partial charge in [-0.3, -0.25) is 4.40 Å². The van der Waals surface area contributed by atoms with Crippen molar-refractivity contribution in [3.8, 4) is 17.0 Å². The van der Waals surface area contributed by atoms with Crippen LogP contribution in [0.5, 0.6) is 5.75 Å². The topological polar surface area (TPSA) is 37.5 Å². The SMILES string of the molecule is Cc1ccc2c(c1)sc1nc(-c3cccc(O)c3)cn12. The van der Waals surface area contributed by atoms with Gasteiger partial charge in [-0.2, -0.15) is 0 Å². The number of aromatic nitrogens is 2. The number of rotatable bonds is 1. The first-order chi connectivity index (χ1) is 9.70. The third-order valence-corrected chi connectivity index (χ3v) is 4.41. The van der Waals surface area contributed by atoms with Crippen LogP contribution in [0.25, 0.3) is 26.4 Å². The second-order valence-electron chi connectivity index (χ2n) is 4.90. The predicted molar refractivity (Wildman–Crippen MR) is 82.4 cm³/mol. The number of thiazole rings is 1. The molecule has 4 aromatic rings. The molecule has 98 valence electrons. The van der Waals surface area contributed by atoms with Crippen molar-refractivity contribution in [2.75, 3.05) is 0 Å². The first-order valence-corrected chi connectivity index (χ1v) is 7.20. The molecule has 0 aliphatic carbocycles. The van der Waals surface area contributed by atoms with Gasteiger partial charge in [0, 0.05) is 11.8 Å². The van der Waals surface area contributed by atoms with Crippen LogP contribution in [-0.2, 0) is 0 Å². The highest BCUT2D eigenvalue weighted by atomic mass is 32.1. The van der Waals surface area contributed by atoms with Crippen LogP contribution in [0.4, 0.5) is 0 Å². The van der Waals surface area contributed by atoms with Crippen LogP contribution in [0.3, 0.4) is 0 Å². The molecule has 0 saturated heterocycles. The van der Waals surface area contributed by atoms with Gasteiger partial charge in [0.1, 0.15) is 5.75 Å². The van der Waals surface area contributed by atoms with Crippen molar-refractivity contribution in [3.63, 3.8) is 0 Å². The van der Waals surface area contributed by atoms with Crippen LogP contribution in [0.1, 0.15) is 5.56 Å². The van der Waals surface area contributed by atoms with Gasteiger partial charge in [0.15, 0.2) is 4.96 Å². The van der Waals surface area contributed by atoms with Crippen molar-refractivity contribution in [1.82, 2.24) is 9.38 Å². The summed E-state index contributed by atoms with van der Waals surface area (Å²) in [4.78, 5) is 5.64. The van der Waals surface area contributed by atoms with Gasteiger partial charge in [0.25, 0.3) is 0 Å². The van der Waals surface area contributed by atoms with Gasteiger partial charge in [-0.05, 0) is 36.8 Å². The van der Waals surface area contributed by atoms with Gasteiger partial charge in [0.2, 0.25) is 0 Å². The minimum absolute atomic E-state index is 0.263. The summed E-state index contributed by atoms with van der Waals surface area (Å²) >= 11 is 1.68. The minimum Gasteiger partial charge on any atom is -0.508 e. The molecule has 0 spiro atoms. The number of aromatic hydroxyl groups is 1. The van der Waals surface area contributed by atoms with E-state index in [2.05, 4.69) is 34.5 Å². The Morgan fingerprint density at radius 3 is 2.90 bits per heavy atom. The molecule has 20 heavy (non-hydrogen) atoms. The summed E-state index contributed by atoms with van der Waals surface area (Å²) in [5.41, 5.74) is 4.25. The van der Waals surface area contributed by atoms with E-state index in [0.717, 1.165) is 16.2 Å². The third-order valence-electron chi connectivity index (χ3n) is 3.39. The fourth-order valence-electron chi connectivity index (χ4n) is 2.41. The van der Waals surface area contributed by atoms with Crippen molar-refractivity contribution in [1.29, 1.82) is 0 Å². The number of nitrogens with zero attached hydrogens (tertiary/aromatic N) is 2. The molecule has 0 unspecified atom stereocenters. The second-order valence-corrected chi connectivity index (χ2v) is 5.91. The number of aryl methyl sites for hydroxylation is 1. The lowest BCUT2D eigenvalue weighted by Crippen LogP contribution is -1.78. The number of hydrogen-bond acceptors (Lipinski definition) is 3. The zero-order valence-electron chi connectivity index (χ0n) is 10.9. The Hall–Kier alpha value is -2.33. The summed E-state index contributed by atoms with van der Waals surface area (Å²) in [7, 11) is 0. The van der Waals surface area contributed by atoms with E-state index < -0.39 is 0 Å². The fourth-order valence-corrected chi connectivity index (χ4v) is 3.52. The van der Waals surface area contributed by atoms with E-state index >= 15 is 0 Å². The Kier molecular flexibility index (Phi) is 2.35. The molecule has 0 radical (unpaired) electrons. The molecule has 2 aromatic heterocycles. The molecule has 0 fully saturated rings. The Morgan fingerprint density at radius 1 is 1.15 bits per heavy atom. The molecule has 0 atom stereocenters. The molecular weight excluding hydrogens is 268 g/mol. The fraction of sp³-hybridized carbons (Fsp3) is 0.0625. The summed E-state index contributed by atoms with van der Waals surface area (Å²) in [6.07, 6.45) is 2.03. The summed E-state index contributed by atoms with van der Waals surface area (Å²) < 4.78 is 3.36. The number of phenols is 1. The van der Waals surface area contributed by atoms with E-state index in [1.807, 2.05) is 18.3 Å².